The van der Waals surface area contributed by atoms with E-state index >= 15 is 0 Å². The summed E-state index contributed by atoms with van der Waals surface area (Å²) in [5.74, 6) is 1.30. The third-order valence-corrected chi connectivity index (χ3v) is 5.33. The molecule has 22 heavy (non-hydrogen) atoms. The van der Waals surface area contributed by atoms with E-state index in [4.69, 9.17) is 4.74 Å². The maximum absolute atomic E-state index is 11.2. The Kier molecular flexibility index (Phi) is 4.70. The van der Waals surface area contributed by atoms with E-state index in [9.17, 15) is 8.42 Å². The highest BCUT2D eigenvalue weighted by Crippen LogP contribution is 2.26. The molecule has 122 valence electrons. The van der Waals surface area contributed by atoms with Gasteiger partial charge in [0.15, 0.2) is 0 Å². The average Bonchev–Trinajstić information content (AvgIpc) is 2.93. The molecule has 0 aromatic heterocycles. The number of fused-ring (bicyclic) bond motifs is 1. The first-order valence-corrected chi connectivity index (χ1v) is 9.93. The first kappa shape index (κ1) is 15.8. The smallest absolute Gasteiger partial charge is 0.148 e. The highest BCUT2D eigenvalue weighted by atomic mass is 32.2. The fourth-order valence-electron chi connectivity index (χ4n) is 3.06. The summed E-state index contributed by atoms with van der Waals surface area (Å²) in [6.07, 6.45) is 2.32. The van der Waals surface area contributed by atoms with E-state index in [1.54, 1.807) is 0 Å². The Morgan fingerprint density at radius 3 is 2.59 bits per heavy atom. The minimum atomic E-state index is -2.86. The van der Waals surface area contributed by atoms with Crippen LogP contribution < -0.4 is 4.74 Å². The molecule has 0 saturated carbocycles. The normalized spacial score (nSPS) is 19.9. The molecule has 6 heteroatoms. The van der Waals surface area contributed by atoms with Gasteiger partial charge in [0.05, 0.1) is 12.4 Å². The molecule has 0 spiro atoms. The maximum atomic E-state index is 11.2. The zero-order chi connectivity index (χ0) is 15.6. The van der Waals surface area contributed by atoms with E-state index in [0.717, 1.165) is 51.5 Å². The largest absolute Gasteiger partial charge is 0.493 e. The lowest BCUT2D eigenvalue weighted by Crippen LogP contribution is -2.47. The van der Waals surface area contributed by atoms with Crippen molar-refractivity contribution in [3.8, 4) is 5.75 Å². The summed E-state index contributed by atoms with van der Waals surface area (Å²) in [4.78, 5) is 4.68. The third-order valence-electron chi connectivity index (χ3n) is 4.40. The molecule has 0 unspecified atom stereocenters. The highest BCUT2D eigenvalue weighted by Gasteiger charge is 2.19. The van der Waals surface area contributed by atoms with E-state index in [1.165, 1.54) is 17.4 Å². The van der Waals surface area contributed by atoms with Gasteiger partial charge >= 0.3 is 0 Å². The van der Waals surface area contributed by atoms with Gasteiger partial charge in [-0.05, 0) is 17.2 Å². The zero-order valence-electron chi connectivity index (χ0n) is 13.1. The number of benzene rings is 1. The lowest BCUT2D eigenvalue weighted by Gasteiger charge is -2.34. The van der Waals surface area contributed by atoms with Crippen LogP contribution in [0.4, 0.5) is 0 Å². The predicted octanol–water partition coefficient (Wildman–Crippen LogP) is 0.784. The van der Waals surface area contributed by atoms with E-state index in [2.05, 4.69) is 28.0 Å². The minimum absolute atomic E-state index is 0.262. The van der Waals surface area contributed by atoms with E-state index < -0.39 is 9.84 Å². The number of piperazine rings is 1. The van der Waals surface area contributed by atoms with Crippen LogP contribution in [-0.4, -0.2) is 69.6 Å². The van der Waals surface area contributed by atoms with Crippen LogP contribution in [0.15, 0.2) is 18.2 Å². The molecule has 1 aromatic carbocycles. The van der Waals surface area contributed by atoms with Crippen LogP contribution in [0.2, 0.25) is 0 Å². The van der Waals surface area contributed by atoms with Crippen molar-refractivity contribution in [2.75, 3.05) is 51.3 Å². The summed E-state index contributed by atoms with van der Waals surface area (Å²) in [5.41, 5.74) is 2.66. The van der Waals surface area contributed by atoms with Crippen molar-refractivity contribution in [3.05, 3.63) is 29.3 Å². The van der Waals surface area contributed by atoms with Gasteiger partial charge in [0.2, 0.25) is 0 Å². The SMILES string of the molecule is CS(=O)(=O)CCN1CCN(Cc2ccc3c(c2)CCO3)CC1. The fourth-order valence-corrected chi connectivity index (χ4v) is 3.65. The molecule has 1 fully saturated rings. The van der Waals surface area contributed by atoms with Gasteiger partial charge in [-0.15, -0.1) is 0 Å². The fraction of sp³-hybridized carbons (Fsp3) is 0.625. The van der Waals surface area contributed by atoms with Gasteiger partial charge in [-0.3, -0.25) is 9.80 Å². The second kappa shape index (κ2) is 6.56. The van der Waals surface area contributed by atoms with Gasteiger partial charge in [-0.25, -0.2) is 8.42 Å². The van der Waals surface area contributed by atoms with Gasteiger partial charge in [-0.1, -0.05) is 12.1 Å². The molecule has 0 aliphatic carbocycles. The summed E-state index contributed by atoms with van der Waals surface area (Å²) in [6, 6.07) is 6.50. The highest BCUT2D eigenvalue weighted by molar-refractivity contribution is 7.90. The lowest BCUT2D eigenvalue weighted by atomic mass is 10.1. The minimum Gasteiger partial charge on any atom is -0.493 e. The standard InChI is InChI=1S/C16H24N2O3S/c1-22(19,20)11-9-17-5-7-18(8-6-17)13-14-2-3-16-15(12-14)4-10-21-16/h2-3,12H,4-11,13H2,1H3. The van der Waals surface area contributed by atoms with Gasteiger partial charge in [0.25, 0.3) is 0 Å². The quantitative estimate of drug-likeness (QED) is 0.801. The third kappa shape index (κ3) is 4.21. The summed E-state index contributed by atoms with van der Waals surface area (Å²) in [5, 5.41) is 0. The van der Waals surface area contributed by atoms with Crippen molar-refractivity contribution >= 4 is 9.84 Å². The number of nitrogens with zero attached hydrogens (tertiary/aromatic N) is 2. The Hall–Kier alpha value is -1.11. The van der Waals surface area contributed by atoms with Crippen LogP contribution in [-0.2, 0) is 22.8 Å². The first-order valence-electron chi connectivity index (χ1n) is 7.87. The Morgan fingerprint density at radius 1 is 1.14 bits per heavy atom. The molecular formula is C16H24N2O3S. The molecule has 0 N–H and O–H groups in total. The molecule has 3 rings (SSSR count). The maximum Gasteiger partial charge on any atom is 0.148 e. The molecule has 1 saturated heterocycles. The number of rotatable bonds is 5. The van der Waals surface area contributed by atoms with Crippen molar-refractivity contribution in [1.29, 1.82) is 0 Å². The van der Waals surface area contributed by atoms with Crippen molar-refractivity contribution in [3.63, 3.8) is 0 Å². The molecule has 1 aromatic rings. The van der Waals surface area contributed by atoms with Crippen LogP contribution in [0.3, 0.4) is 0 Å². The average molecular weight is 324 g/mol. The Bertz CT molecular complexity index is 622. The summed E-state index contributed by atoms with van der Waals surface area (Å²) >= 11 is 0. The van der Waals surface area contributed by atoms with Crippen molar-refractivity contribution in [2.45, 2.75) is 13.0 Å². The van der Waals surface area contributed by atoms with Crippen LogP contribution in [0.5, 0.6) is 5.75 Å². The summed E-state index contributed by atoms with van der Waals surface area (Å²) in [6.45, 7) is 6.32. The monoisotopic (exact) mass is 324 g/mol. The van der Waals surface area contributed by atoms with E-state index in [1.807, 2.05) is 0 Å². The molecule has 0 atom stereocenters. The Labute approximate surface area is 132 Å². The lowest BCUT2D eigenvalue weighted by molar-refractivity contribution is 0.132. The molecule has 0 radical (unpaired) electrons. The second-order valence-corrected chi connectivity index (χ2v) is 8.55. The molecule has 0 bridgehead atoms. The van der Waals surface area contributed by atoms with Crippen molar-refractivity contribution in [2.24, 2.45) is 0 Å². The van der Waals surface area contributed by atoms with E-state index in [0.29, 0.717) is 6.54 Å². The van der Waals surface area contributed by atoms with Gasteiger partial charge in [0.1, 0.15) is 15.6 Å². The molecule has 0 amide bonds. The number of hydrogen-bond acceptors (Lipinski definition) is 5. The van der Waals surface area contributed by atoms with Crippen LogP contribution in [0, 0.1) is 0 Å². The first-order chi connectivity index (χ1) is 10.5. The summed E-state index contributed by atoms with van der Waals surface area (Å²) < 4.78 is 28.0. The molecule has 5 nitrogen and oxygen atoms in total. The predicted molar refractivity (Wildman–Crippen MR) is 87.1 cm³/mol. The second-order valence-electron chi connectivity index (χ2n) is 6.29. The van der Waals surface area contributed by atoms with Crippen LogP contribution in [0.25, 0.3) is 0 Å². The van der Waals surface area contributed by atoms with Gasteiger partial charge < -0.3 is 4.74 Å². The Balaban J connectivity index is 1.48. The van der Waals surface area contributed by atoms with Crippen LogP contribution in [0.1, 0.15) is 11.1 Å². The van der Waals surface area contributed by atoms with Gasteiger partial charge in [0, 0.05) is 51.9 Å². The number of hydrogen-bond donors (Lipinski definition) is 0. The topological polar surface area (TPSA) is 49.9 Å². The van der Waals surface area contributed by atoms with Crippen LogP contribution >= 0.6 is 0 Å². The molecule has 2 aliphatic heterocycles. The Morgan fingerprint density at radius 2 is 1.86 bits per heavy atom. The van der Waals surface area contributed by atoms with Crippen molar-refractivity contribution < 1.29 is 13.2 Å². The molecule has 2 heterocycles. The summed E-state index contributed by atoms with van der Waals surface area (Å²) in [7, 11) is -2.86. The zero-order valence-corrected chi connectivity index (χ0v) is 13.9. The van der Waals surface area contributed by atoms with E-state index in [-0.39, 0.29) is 5.75 Å². The van der Waals surface area contributed by atoms with Gasteiger partial charge in [-0.2, -0.15) is 0 Å². The number of ether oxygens (including phenoxy) is 1. The molecule has 2 aliphatic rings. The molecular weight excluding hydrogens is 300 g/mol. The number of sulfone groups is 1. The van der Waals surface area contributed by atoms with Crippen molar-refractivity contribution in [1.82, 2.24) is 9.80 Å².